The van der Waals surface area contributed by atoms with Crippen molar-refractivity contribution in [1.82, 2.24) is 16.0 Å². The van der Waals surface area contributed by atoms with Crippen molar-refractivity contribution in [2.45, 2.75) is 51.7 Å². The number of nitrogens with zero attached hydrogens (tertiary/aromatic N) is 2. The molecular formula is C25H30Cl2FN5O3. The van der Waals surface area contributed by atoms with Crippen LogP contribution in [0.1, 0.15) is 34.6 Å². The molecule has 1 aliphatic heterocycles. The van der Waals surface area contributed by atoms with Gasteiger partial charge in [0.15, 0.2) is 0 Å². The first kappa shape index (κ1) is 27.7. The molecule has 0 radical (unpaired) electrons. The lowest BCUT2D eigenvalue weighted by molar-refractivity contribution is -0.126. The summed E-state index contributed by atoms with van der Waals surface area (Å²) in [5.74, 6) is -1.52. The van der Waals surface area contributed by atoms with Gasteiger partial charge in [0.05, 0.1) is 16.9 Å². The van der Waals surface area contributed by atoms with Crippen molar-refractivity contribution in [2.75, 3.05) is 23.4 Å². The molecule has 0 spiro atoms. The summed E-state index contributed by atoms with van der Waals surface area (Å²) < 4.78 is 14.2. The van der Waals surface area contributed by atoms with Crippen molar-refractivity contribution in [1.29, 1.82) is 0 Å². The van der Waals surface area contributed by atoms with Gasteiger partial charge in [-0.3, -0.25) is 20.2 Å². The first-order chi connectivity index (χ1) is 16.6. The number of fused-ring (bicyclic) bond motifs is 1. The molecule has 3 rings (SSSR count). The molecular weight excluding hydrogens is 508 g/mol. The first-order valence-corrected chi connectivity index (χ1v) is 12.0. The largest absolute Gasteiger partial charge is 0.338 e. The maximum atomic E-state index is 14.2. The van der Waals surface area contributed by atoms with Gasteiger partial charge in [-0.2, -0.15) is 0 Å². The molecule has 0 aromatic heterocycles. The van der Waals surface area contributed by atoms with Gasteiger partial charge in [0.1, 0.15) is 11.9 Å². The number of amides is 4. The highest BCUT2D eigenvalue weighted by Crippen LogP contribution is 2.39. The van der Waals surface area contributed by atoms with Gasteiger partial charge in [-0.25, -0.2) is 9.18 Å². The van der Waals surface area contributed by atoms with Crippen molar-refractivity contribution >= 4 is 58.1 Å². The van der Waals surface area contributed by atoms with Crippen molar-refractivity contribution < 1.29 is 18.8 Å². The third-order valence-corrected chi connectivity index (χ3v) is 6.00. The Morgan fingerprint density at radius 3 is 2.19 bits per heavy atom. The second-order valence-electron chi connectivity index (χ2n) is 10.2. The van der Waals surface area contributed by atoms with Crippen LogP contribution in [0.3, 0.4) is 0 Å². The van der Waals surface area contributed by atoms with Crippen LogP contribution in [0.4, 0.5) is 26.2 Å². The number of carbonyl (C=O) groups is 3. The molecule has 0 fully saturated rings. The summed E-state index contributed by atoms with van der Waals surface area (Å²) in [5.41, 5.74) is -0.381. The maximum Gasteiger partial charge on any atom is 0.321 e. The highest BCUT2D eigenvalue weighted by Gasteiger charge is 2.39. The van der Waals surface area contributed by atoms with Crippen molar-refractivity contribution in [2.24, 2.45) is 0 Å². The third kappa shape index (κ3) is 6.46. The second-order valence-corrected chi connectivity index (χ2v) is 11.1. The summed E-state index contributed by atoms with van der Waals surface area (Å²) in [6.45, 7) is 8.58. The molecule has 1 aliphatic rings. The normalized spacial score (nSPS) is 16.4. The number of halogens is 3. The van der Waals surface area contributed by atoms with Gasteiger partial charge in [0.2, 0.25) is 11.8 Å². The van der Waals surface area contributed by atoms with Gasteiger partial charge in [0, 0.05) is 34.9 Å². The predicted molar refractivity (Wildman–Crippen MR) is 141 cm³/mol. The zero-order valence-electron chi connectivity index (χ0n) is 21.0. The Bertz CT molecular complexity index is 1180. The molecule has 194 valence electrons. The van der Waals surface area contributed by atoms with Crippen molar-refractivity contribution in [3.63, 3.8) is 0 Å². The Morgan fingerprint density at radius 2 is 1.61 bits per heavy atom. The lowest BCUT2D eigenvalue weighted by Crippen LogP contribution is -2.63. The van der Waals surface area contributed by atoms with E-state index < -0.39 is 40.8 Å². The molecule has 1 heterocycles. The van der Waals surface area contributed by atoms with Crippen LogP contribution < -0.4 is 25.8 Å². The fourth-order valence-electron chi connectivity index (χ4n) is 3.88. The van der Waals surface area contributed by atoms with E-state index in [2.05, 4.69) is 16.0 Å². The van der Waals surface area contributed by atoms with Gasteiger partial charge in [0.25, 0.3) is 0 Å². The van der Waals surface area contributed by atoms with E-state index in [4.69, 9.17) is 23.2 Å². The lowest BCUT2D eigenvalue weighted by Gasteiger charge is -2.33. The summed E-state index contributed by atoms with van der Waals surface area (Å²) in [4.78, 5) is 41.8. The minimum Gasteiger partial charge on any atom is -0.338 e. The number of imide groups is 1. The standard InChI is InChI=1S/C25H30Cl2FN5O3/c1-24(2,3)31-23(36)29-22(35)25(4,5)30-18-13-33(17-10-14(26)9-15(27)11-17)19-8-7-16(28)12-20(19)32(6)21(18)34/h7-12,18,30H,13H2,1-6H3,(H2,29,31,35,36)/t18-/m1/s1. The van der Waals surface area contributed by atoms with E-state index in [1.54, 1.807) is 63.8 Å². The predicted octanol–water partition coefficient (Wildman–Crippen LogP) is 4.61. The second kappa shape index (κ2) is 10.2. The number of benzene rings is 2. The third-order valence-electron chi connectivity index (χ3n) is 5.56. The van der Waals surface area contributed by atoms with E-state index in [-0.39, 0.29) is 6.54 Å². The van der Waals surface area contributed by atoms with Gasteiger partial charge in [-0.05, 0) is 71.0 Å². The van der Waals surface area contributed by atoms with E-state index in [0.29, 0.717) is 27.1 Å². The fraction of sp³-hybridized carbons (Fsp3) is 0.400. The van der Waals surface area contributed by atoms with E-state index in [0.717, 1.165) is 0 Å². The van der Waals surface area contributed by atoms with Crippen LogP contribution >= 0.6 is 23.2 Å². The number of anilines is 3. The number of hydrogen-bond acceptors (Lipinski definition) is 5. The van der Waals surface area contributed by atoms with E-state index in [1.165, 1.54) is 24.1 Å². The molecule has 2 aromatic carbocycles. The van der Waals surface area contributed by atoms with Crippen LogP contribution in [0.15, 0.2) is 36.4 Å². The number of hydrogen-bond donors (Lipinski definition) is 3. The smallest absolute Gasteiger partial charge is 0.321 e. The highest BCUT2D eigenvalue weighted by atomic mass is 35.5. The number of urea groups is 1. The minimum atomic E-state index is -1.32. The molecule has 11 heteroatoms. The fourth-order valence-corrected chi connectivity index (χ4v) is 4.40. The Labute approximate surface area is 220 Å². The van der Waals surface area contributed by atoms with Crippen LogP contribution in [0.2, 0.25) is 10.0 Å². The van der Waals surface area contributed by atoms with Crippen molar-refractivity contribution in [3.05, 3.63) is 52.3 Å². The molecule has 1 atom stereocenters. The molecule has 4 amide bonds. The highest BCUT2D eigenvalue weighted by molar-refractivity contribution is 6.35. The Balaban J connectivity index is 1.96. The summed E-state index contributed by atoms with van der Waals surface area (Å²) in [6.07, 6.45) is 0. The average molecular weight is 538 g/mol. The molecule has 0 saturated heterocycles. The molecule has 2 aromatic rings. The first-order valence-electron chi connectivity index (χ1n) is 11.3. The van der Waals surface area contributed by atoms with E-state index in [1.807, 2.05) is 0 Å². The Hall–Kier alpha value is -2.88. The Morgan fingerprint density at radius 1 is 1.00 bits per heavy atom. The SMILES string of the molecule is CN1C(=O)[C@H](NC(C)(C)C(=O)NC(=O)NC(C)(C)C)CN(c2cc(Cl)cc(Cl)c2)c2ccc(F)cc21. The zero-order valence-corrected chi connectivity index (χ0v) is 22.5. The van der Waals surface area contributed by atoms with Gasteiger partial charge in [-0.15, -0.1) is 0 Å². The van der Waals surface area contributed by atoms with Gasteiger partial charge < -0.3 is 15.1 Å². The van der Waals surface area contributed by atoms with Crippen molar-refractivity contribution in [3.8, 4) is 0 Å². The number of rotatable bonds is 4. The summed E-state index contributed by atoms with van der Waals surface area (Å²) >= 11 is 12.5. The topological polar surface area (TPSA) is 93.8 Å². The van der Waals surface area contributed by atoms with Gasteiger partial charge in [-0.1, -0.05) is 23.2 Å². The number of nitrogens with one attached hydrogen (secondary N) is 3. The quantitative estimate of drug-likeness (QED) is 0.529. The van der Waals surface area contributed by atoms with E-state index in [9.17, 15) is 18.8 Å². The molecule has 0 bridgehead atoms. The van der Waals surface area contributed by atoms with E-state index >= 15 is 0 Å². The minimum absolute atomic E-state index is 0.0728. The number of likely N-dealkylation sites (N-methyl/N-ethyl adjacent to an activating group) is 1. The zero-order chi connectivity index (χ0) is 27.0. The summed E-state index contributed by atoms with van der Waals surface area (Å²) in [7, 11) is 1.54. The van der Waals surface area contributed by atoms with Crippen LogP contribution in [0.5, 0.6) is 0 Å². The van der Waals surface area contributed by atoms with Gasteiger partial charge >= 0.3 is 6.03 Å². The maximum absolute atomic E-state index is 14.2. The molecule has 0 saturated carbocycles. The Kier molecular flexibility index (Phi) is 7.88. The van der Waals surface area contributed by atoms with Crippen LogP contribution in [-0.4, -0.2) is 48.6 Å². The number of carbonyl (C=O) groups excluding carboxylic acids is 3. The summed E-state index contributed by atoms with van der Waals surface area (Å²) in [6, 6.07) is 7.52. The average Bonchev–Trinajstić information content (AvgIpc) is 2.82. The molecule has 36 heavy (non-hydrogen) atoms. The molecule has 0 aliphatic carbocycles. The molecule has 3 N–H and O–H groups in total. The molecule has 8 nitrogen and oxygen atoms in total. The molecule has 0 unspecified atom stereocenters. The summed E-state index contributed by atoms with van der Waals surface area (Å²) in [5, 5.41) is 8.83. The van der Waals surface area contributed by atoms with Crippen LogP contribution in [0.25, 0.3) is 0 Å². The van der Waals surface area contributed by atoms with Crippen LogP contribution in [-0.2, 0) is 9.59 Å². The van der Waals surface area contributed by atoms with Crippen LogP contribution in [0, 0.1) is 5.82 Å². The monoisotopic (exact) mass is 537 g/mol. The lowest BCUT2D eigenvalue weighted by atomic mass is 10.0.